The van der Waals surface area contributed by atoms with Crippen molar-refractivity contribution in [2.45, 2.75) is 39.3 Å². The summed E-state index contributed by atoms with van der Waals surface area (Å²) in [5.74, 6) is 1.30. The number of nitrogens with two attached hydrogens (primary N) is 1. The van der Waals surface area contributed by atoms with Crippen LogP contribution >= 0.6 is 0 Å². The maximum atomic E-state index is 11.9. The van der Waals surface area contributed by atoms with Crippen molar-refractivity contribution in [3.05, 3.63) is 60.9 Å². The lowest BCUT2D eigenvalue weighted by Gasteiger charge is -2.13. The molecule has 8 nitrogen and oxygen atoms in total. The standard InChI is InChI=1S/C26H27N5O3/c1-16(2)33-26(32)30-19-8-6-18(7-9-19)24-23(27)21-11-10-20(34-25-28-12-3-13-29-25)14-22(21)31(24)15-17-4-5-17/h3,6-14,16-17H,4-5,15,27H2,1-2H3,(H,30,32). The van der Waals surface area contributed by atoms with Gasteiger partial charge in [0.05, 0.1) is 23.0 Å². The molecular weight excluding hydrogens is 430 g/mol. The van der Waals surface area contributed by atoms with Crippen LogP contribution in [0.3, 0.4) is 0 Å². The third kappa shape index (κ3) is 4.66. The number of aromatic nitrogens is 3. The monoisotopic (exact) mass is 457 g/mol. The van der Waals surface area contributed by atoms with Gasteiger partial charge >= 0.3 is 12.1 Å². The molecule has 3 N–H and O–H groups in total. The number of benzene rings is 2. The summed E-state index contributed by atoms with van der Waals surface area (Å²) in [6.07, 6.45) is 5.07. The number of hydrogen-bond donors (Lipinski definition) is 2. The van der Waals surface area contributed by atoms with Crippen LogP contribution in [0.5, 0.6) is 11.8 Å². The van der Waals surface area contributed by atoms with Crippen molar-refractivity contribution in [3.63, 3.8) is 0 Å². The summed E-state index contributed by atoms with van der Waals surface area (Å²) < 4.78 is 13.3. The number of ether oxygens (including phenoxy) is 2. The number of rotatable bonds is 7. The fourth-order valence-electron chi connectivity index (χ4n) is 4.00. The van der Waals surface area contributed by atoms with Crippen LogP contribution < -0.4 is 15.8 Å². The molecule has 1 amide bonds. The predicted molar refractivity (Wildman–Crippen MR) is 132 cm³/mol. The van der Waals surface area contributed by atoms with Gasteiger partial charge in [-0.3, -0.25) is 5.32 Å². The number of carbonyl (C=O) groups is 1. The summed E-state index contributed by atoms with van der Waals surface area (Å²) in [4.78, 5) is 20.2. The van der Waals surface area contributed by atoms with Crippen LogP contribution in [0.25, 0.3) is 22.2 Å². The summed E-state index contributed by atoms with van der Waals surface area (Å²) in [5, 5.41) is 3.72. The summed E-state index contributed by atoms with van der Waals surface area (Å²) in [6, 6.07) is 15.6. The molecule has 0 saturated heterocycles. The topological polar surface area (TPSA) is 104 Å². The Morgan fingerprint density at radius 2 is 1.88 bits per heavy atom. The smallest absolute Gasteiger partial charge is 0.411 e. The largest absolute Gasteiger partial charge is 0.447 e. The van der Waals surface area contributed by atoms with Crippen molar-refractivity contribution in [3.8, 4) is 23.0 Å². The molecule has 1 aliphatic carbocycles. The van der Waals surface area contributed by atoms with Crippen molar-refractivity contribution in [1.29, 1.82) is 0 Å². The SMILES string of the molecule is CC(C)OC(=O)Nc1ccc(-c2c(N)c3ccc(Oc4ncccn4)cc3n2CC2CC2)cc1. The van der Waals surface area contributed by atoms with Gasteiger partial charge in [-0.2, -0.15) is 0 Å². The maximum Gasteiger partial charge on any atom is 0.411 e. The first-order valence-corrected chi connectivity index (χ1v) is 11.4. The summed E-state index contributed by atoms with van der Waals surface area (Å²) in [7, 11) is 0. The van der Waals surface area contributed by atoms with Crippen LogP contribution in [-0.4, -0.2) is 26.7 Å². The van der Waals surface area contributed by atoms with Crippen LogP contribution in [0.4, 0.5) is 16.2 Å². The maximum absolute atomic E-state index is 11.9. The molecule has 5 rings (SSSR count). The fraction of sp³-hybridized carbons (Fsp3) is 0.269. The lowest BCUT2D eigenvalue weighted by molar-refractivity contribution is 0.130. The second-order valence-electron chi connectivity index (χ2n) is 8.79. The number of anilines is 2. The lowest BCUT2D eigenvalue weighted by Crippen LogP contribution is -2.17. The van der Waals surface area contributed by atoms with Crippen molar-refractivity contribution < 1.29 is 14.3 Å². The molecule has 4 aromatic rings. The van der Waals surface area contributed by atoms with Crippen LogP contribution in [0.15, 0.2) is 60.9 Å². The van der Waals surface area contributed by atoms with E-state index in [1.54, 1.807) is 18.5 Å². The molecule has 0 bridgehead atoms. The summed E-state index contributed by atoms with van der Waals surface area (Å²) in [5.41, 5.74) is 11.0. The number of carbonyl (C=O) groups excluding carboxylic acids is 1. The molecule has 1 fully saturated rings. The van der Waals surface area contributed by atoms with Crippen LogP contribution in [-0.2, 0) is 11.3 Å². The molecule has 1 aliphatic rings. The molecule has 0 aliphatic heterocycles. The van der Waals surface area contributed by atoms with Gasteiger partial charge in [-0.05, 0) is 62.9 Å². The van der Waals surface area contributed by atoms with Crippen molar-refractivity contribution in [2.24, 2.45) is 5.92 Å². The highest BCUT2D eigenvalue weighted by Gasteiger charge is 2.26. The van der Waals surface area contributed by atoms with Crippen LogP contribution in [0.1, 0.15) is 26.7 Å². The number of amides is 1. The zero-order valence-corrected chi connectivity index (χ0v) is 19.2. The Balaban J connectivity index is 1.50. The molecule has 0 radical (unpaired) electrons. The Labute approximate surface area is 197 Å². The first kappa shape index (κ1) is 21.8. The molecule has 2 aromatic heterocycles. The predicted octanol–water partition coefficient (Wildman–Crippen LogP) is 5.84. The van der Waals surface area contributed by atoms with Gasteiger partial charge in [0.15, 0.2) is 0 Å². The zero-order valence-electron chi connectivity index (χ0n) is 19.2. The van der Waals surface area contributed by atoms with E-state index in [1.165, 1.54) is 12.8 Å². The number of nitrogen functional groups attached to an aromatic ring is 1. The number of nitrogens with one attached hydrogen (secondary N) is 1. The van der Waals surface area contributed by atoms with Gasteiger partial charge in [-0.15, -0.1) is 0 Å². The van der Waals surface area contributed by atoms with Crippen molar-refractivity contribution in [2.75, 3.05) is 11.1 Å². The minimum atomic E-state index is -0.472. The van der Waals surface area contributed by atoms with Crippen LogP contribution in [0, 0.1) is 5.92 Å². The molecular formula is C26H27N5O3. The van der Waals surface area contributed by atoms with Gasteiger partial charge in [0.1, 0.15) is 5.75 Å². The second-order valence-corrected chi connectivity index (χ2v) is 8.79. The van der Waals surface area contributed by atoms with Gasteiger partial charge in [0.2, 0.25) is 0 Å². The summed E-state index contributed by atoms with van der Waals surface area (Å²) >= 11 is 0. The average Bonchev–Trinajstić information content (AvgIpc) is 3.59. The highest BCUT2D eigenvalue weighted by Crippen LogP contribution is 2.41. The molecule has 8 heteroatoms. The lowest BCUT2D eigenvalue weighted by atomic mass is 10.1. The molecule has 2 aromatic carbocycles. The van der Waals surface area contributed by atoms with Crippen molar-refractivity contribution >= 4 is 28.4 Å². The third-order valence-corrected chi connectivity index (χ3v) is 5.71. The molecule has 34 heavy (non-hydrogen) atoms. The minimum absolute atomic E-state index is 0.181. The van der Waals surface area contributed by atoms with Gasteiger partial charge in [-0.1, -0.05) is 12.1 Å². The second kappa shape index (κ2) is 9.05. The molecule has 0 atom stereocenters. The van der Waals surface area contributed by atoms with E-state index in [1.807, 2.05) is 56.3 Å². The van der Waals surface area contributed by atoms with E-state index in [0.29, 0.717) is 23.4 Å². The number of hydrogen-bond acceptors (Lipinski definition) is 6. The van der Waals surface area contributed by atoms with Gasteiger partial charge in [0.25, 0.3) is 0 Å². The van der Waals surface area contributed by atoms with E-state index in [0.717, 1.165) is 34.4 Å². The highest BCUT2D eigenvalue weighted by molar-refractivity contribution is 6.01. The van der Waals surface area contributed by atoms with E-state index < -0.39 is 6.09 Å². The van der Waals surface area contributed by atoms with E-state index in [2.05, 4.69) is 19.9 Å². The third-order valence-electron chi connectivity index (χ3n) is 5.71. The Hall–Kier alpha value is -4.07. The quantitative estimate of drug-likeness (QED) is 0.361. The summed E-state index contributed by atoms with van der Waals surface area (Å²) in [6.45, 7) is 4.51. The normalized spacial score (nSPS) is 13.3. The molecule has 174 valence electrons. The Morgan fingerprint density at radius 3 is 2.56 bits per heavy atom. The average molecular weight is 458 g/mol. The first-order chi connectivity index (χ1) is 16.5. The minimum Gasteiger partial charge on any atom is -0.447 e. The van der Waals surface area contributed by atoms with E-state index in [-0.39, 0.29) is 6.10 Å². The highest BCUT2D eigenvalue weighted by atomic mass is 16.6. The van der Waals surface area contributed by atoms with E-state index in [9.17, 15) is 4.79 Å². The molecule has 0 unspecified atom stereocenters. The molecule has 1 saturated carbocycles. The van der Waals surface area contributed by atoms with Crippen molar-refractivity contribution in [1.82, 2.24) is 14.5 Å². The first-order valence-electron chi connectivity index (χ1n) is 11.4. The van der Waals surface area contributed by atoms with Gasteiger partial charge < -0.3 is 19.8 Å². The Morgan fingerprint density at radius 1 is 1.15 bits per heavy atom. The van der Waals surface area contributed by atoms with E-state index in [4.69, 9.17) is 15.2 Å². The number of nitrogens with zero attached hydrogens (tertiary/aromatic N) is 3. The Kier molecular flexibility index (Phi) is 5.79. The fourth-order valence-corrected chi connectivity index (χ4v) is 4.00. The van der Waals surface area contributed by atoms with Gasteiger partial charge in [0, 0.05) is 41.6 Å². The molecule has 2 heterocycles. The van der Waals surface area contributed by atoms with Gasteiger partial charge in [-0.25, -0.2) is 14.8 Å². The Bertz CT molecular complexity index is 1310. The van der Waals surface area contributed by atoms with Crippen LogP contribution in [0.2, 0.25) is 0 Å². The zero-order chi connectivity index (χ0) is 23.7. The van der Waals surface area contributed by atoms with E-state index >= 15 is 0 Å². The molecule has 0 spiro atoms. The number of fused-ring (bicyclic) bond motifs is 1.